The van der Waals surface area contributed by atoms with Gasteiger partial charge in [-0.25, -0.2) is 9.97 Å². The number of thiophene rings is 1. The second-order valence-electron chi connectivity index (χ2n) is 6.11. The maximum absolute atomic E-state index is 12.4. The number of rotatable bonds is 3. The summed E-state index contributed by atoms with van der Waals surface area (Å²) in [5.41, 5.74) is 4.96. The van der Waals surface area contributed by atoms with E-state index in [1.807, 2.05) is 37.4 Å². The van der Waals surface area contributed by atoms with E-state index in [0.29, 0.717) is 32.6 Å². The molecule has 0 aliphatic carbocycles. The maximum atomic E-state index is 12.4. The lowest BCUT2D eigenvalue weighted by Gasteiger charge is -2.07. The third-order valence-electron chi connectivity index (χ3n) is 3.91. The first kappa shape index (κ1) is 16.8. The fourth-order valence-corrected chi connectivity index (χ4v) is 3.66. The number of nitrogens with one attached hydrogen (secondary N) is 2. The molecule has 0 bridgehead atoms. The monoisotopic (exact) mass is 382 g/mol. The quantitative estimate of drug-likeness (QED) is 0.511. The van der Waals surface area contributed by atoms with Gasteiger partial charge in [0.1, 0.15) is 5.82 Å². The van der Waals surface area contributed by atoms with Crippen molar-refractivity contribution in [2.24, 2.45) is 0 Å². The number of anilines is 1. The number of amides is 1. The minimum Gasteiger partial charge on any atom is -0.337 e. The zero-order valence-electron chi connectivity index (χ0n) is 14.1. The summed E-state index contributed by atoms with van der Waals surface area (Å²) in [4.78, 5) is 25.1. The van der Waals surface area contributed by atoms with Crippen LogP contribution in [0.25, 0.3) is 22.6 Å². The number of halogens is 1. The van der Waals surface area contributed by atoms with Crippen LogP contribution in [0.3, 0.4) is 0 Å². The first-order chi connectivity index (χ1) is 12.5. The summed E-state index contributed by atoms with van der Waals surface area (Å²) in [5, 5.41) is 5.40. The molecule has 0 aliphatic heterocycles. The van der Waals surface area contributed by atoms with E-state index in [4.69, 9.17) is 11.6 Å². The maximum Gasteiger partial charge on any atom is 0.265 e. The number of pyridine rings is 1. The predicted octanol–water partition coefficient (Wildman–Crippen LogP) is 5.21. The lowest BCUT2D eigenvalue weighted by molar-refractivity contribution is 0.103. The molecule has 4 aromatic rings. The highest BCUT2D eigenvalue weighted by Gasteiger charge is 2.13. The summed E-state index contributed by atoms with van der Waals surface area (Å²) in [6.45, 7) is 3.94. The number of carbonyl (C=O) groups excluding carboxylic acids is 1. The smallest absolute Gasteiger partial charge is 0.265 e. The van der Waals surface area contributed by atoms with E-state index >= 15 is 0 Å². The Morgan fingerprint density at radius 1 is 1.19 bits per heavy atom. The molecule has 0 saturated carbocycles. The van der Waals surface area contributed by atoms with Gasteiger partial charge in [-0.2, -0.15) is 0 Å². The molecule has 3 aromatic heterocycles. The molecule has 7 heteroatoms. The first-order valence-corrected chi connectivity index (χ1v) is 9.24. The summed E-state index contributed by atoms with van der Waals surface area (Å²) in [6, 6.07) is 9.18. The van der Waals surface area contributed by atoms with Gasteiger partial charge in [0.15, 0.2) is 5.65 Å². The van der Waals surface area contributed by atoms with E-state index in [-0.39, 0.29) is 5.91 Å². The summed E-state index contributed by atoms with van der Waals surface area (Å²) in [6.07, 6.45) is 1.77. The van der Waals surface area contributed by atoms with E-state index in [1.54, 1.807) is 18.3 Å². The average molecular weight is 383 g/mol. The van der Waals surface area contributed by atoms with E-state index < -0.39 is 0 Å². The van der Waals surface area contributed by atoms with Gasteiger partial charge in [0.05, 0.1) is 15.4 Å². The third kappa shape index (κ3) is 3.21. The standard InChI is InChI=1S/C19H15ClN4OS/c1-10-5-15-18(21-8-10)24-17(23-15)13-7-12(3-4-14(13)20)22-19(25)16-6-11(2)9-26-16/h3-9H,1-2H3,(H,22,25)(H,21,23,24). The summed E-state index contributed by atoms with van der Waals surface area (Å²) in [5.74, 6) is 0.476. The second kappa shape index (κ2) is 6.55. The Labute approximate surface area is 159 Å². The number of H-pyrrole nitrogens is 1. The highest BCUT2D eigenvalue weighted by Crippen LogP contribution is 2.30. The van der Waals surface area contributed by atoms with Gasteiger partial charge >= 0.3 is 0 Å². The molecule has 3 heterocycles. The minimum absolute atomic E-state index is 0.140. The number of nitrogens with zero attached hydrogens (tertiary/aromatic N) is 2. The van der Waals surface area contributed by atoms with Crippen molar-refractivity contribution in [1.29, 1.82) is 0 Å². The number of benzene rings is 1. The molecule has 1 aromatic carbocycles. The van der Waals surface area contributed by atoms with Crippen molar-refractivity contribution in [3.8, 4) is 11.4 Å². The number of aryl methyl sites for hydroxylation is 2. The molecule has 2 N–H and O–H groups in total. The van der Waals surface area contributed by atoms with Crippen molar-refractivity contribution in [1.82, 2.24) is 15.0 Å². The SMILES string of the molecule is Cc1csc(C(=O)Nc2ccc(Cl)c(-c3nc4ncc(C)cc4[nH]3)c2)c1. The molecule has 0 aliphatic rings. The van der Waals surface area contributed by atoms with Gasteiger partial charge in [-0.3, -0.25) is 4.79 Å². The molecule has 0 atom stereocenters. The first-order valence-electron chi connectivity index (χ1n) is 7.98. The Morgan fingerprint density at radius 3 is 2.81 bits per heavy atom. The van der Waals surface area contributed by atoms with Crippen LogP contribution in [0.1, 0.15) is 20.8 Å². The minimum atomic E-state index is -0.140. The molecular weight excluding hydrogens is 368 g/mol. The molecule has 26 heavy (non-hydrogen) atoms. The Morgan fingerprint density at radius 2 is 2.04 bits per heavy atom. The Balaban J connectivity index is 1.68. The van der Waals surface area contributed by atoms with Gasteiger partial charge in [0, 0.05) is 17.4 Å². The van der Waals surface area contributed by atoms with Crippen LogP contribution < -0.4 is 5.32 Å². The van der Waals surface area contributed by atoms with E-state index in [2.05, 4.69) is 20.3 Å². The largest absolute Gasteiger partial charge is 0.337 e. The summed E-state index contributed by atoms with van der Waals surface area (Å²) in [7, 11) is 0. The van der Waals surface area contributed by atoms with Crippen molar-refractivity contribution in [3.63, 3.8) is 0 Å². The number of aromatic amines is 1. The highest BCUT2D eigenvalue weighted by atomic mass is 35.5. The van der Waals surface area contributed by atoms with Crippen LogP contribution in [0.15, 0.2) is 41.9 Å². The topological polar surface area (TPSA) is 70.7 Å². The molecule has 0 saturated heterocycles. The van der Waals surface area contributed by atoms with Crippen LogP contribution >= 0.6 is 22.9 Å². The van der Waals surface area contributed by atoms with Gasteiger partial charge in [0.25, 0.3) is 5.91 Å². The molecular formula is C19H15ClN4OS. The highest BCUT2D eigenvalue weighted by molar-refractivity contribution is 7.12. The summed E-state index contributed by atoms with van der Waals surface area (Å²) < 4.78 is 0. The molecule has 4 rings (SSSR count). The van der Waals surface area contributed by atoms with Crippen molar-refractivity contribution in [3.05, 3.63) is 62.9 Å². The zero-order valence-corrected chi connectivity index (χ0v) is 15.7. The predicted molar refractivity (Wildman–Crippen MR) is 106 cm³/mol. The zero-order chi connectivity index (χ0) is 18.3. The van der Waals surface area contributed by atoms with Crippen LogP contribution in [-0.4, -0.2) is 20.9 Å². The number of hydrogen-bond donors (Lipinski definition) is 2. The van der Waals surface area contributed by atoms with Gasteiger partial charge in [0.2, 0.25) is 0 Å². The fourth-order valence-electron chi connectivity index (χ4n) is 2.66. The lowest BCUT2D eigenvalue weighted by Crippen LogP contribution is -2.10. The number of hydrogen-bond acceptors (Lipinski definition) is 4. The normalized spacial score (nSPS) is 11.0. The molecule has 0 unspecified atom stereocenters. The Kier molecular flexibility index (Phi) is 4.22. The number of fused-ring (bicyclic) bond motifs is 1. The van der Waals surface area contributed by atoms with Crippen LogP contribution in [0, 0.1) is 13.8 Å². The van der Waals surface area contributed by atoms with Gasteiger partial charge in [-0.05, 0) is 60.7 Å². The van der Waals surface area contributed by atoms with Gasteiger partial charge in [-0.1, -0.05) is 11.6 Å². The average Bonchev–Trinajstić information content (AvgIpc) is 3.22. The molecule has 0 radical (unpaired) electrons. The second-order valence-corrected chi connectivity index (χ2v) is 7.42. The van der Waals surface area contributed by atoms with Crippen molar-refractivity contribution in [2.45, 2.75) is 13.8 Å². The van der Waals surface area contributed by atoms with Gasteiger partial charge in [-0.15, -0.1) is 11.3 Å². The number of imidazole rings is 1. The molecule has 1 amide bonds. The summed E-state index contributed by atoms with van der Waals surface area (Å²) >= 11 is 7.78. The number of carbonyl (C=O) groups is 1. The Bertz CT molecular complexity index is 1130. The van der Waals surface area contributed by atoms with Crippen molar-refractivity contribution >= 4 is 45.7 Å². The van der Waals surface area contributed by atoms with Crippen LogP contribution in [0.4, 0.5) is 5.69 Å². The lowest BCUT2D eigenvalue weighted by atomic mass is 10.2. The van der Waals surface area contributed by atoms with Crippen LogP contribution in [0.2, 0.25) is 5.02 Å². The Hall–Kier alpha value is -2.70. The molecule has 0 fully saturated rings. The molecule has 5 nitrogen and oxygen atoms in total. The van der Waals surface area contributed by atoms with Crippen LogP contribution in [0.5, 0.6) is 0 Å². The van der Waals surface area contributed by atoms with Crippen molar-refractivity contribution in [2.75, 3.05) is 5.32 Å². The van der Waals surface area contributed by atoms with Crippen molar-refractivity contribution < 1.29 is 4.79 Å². The molecule has 130 valence electrons. The number of aromatic nitrogens is 3. The molecule has 0 spiro atoms. The van der Waals surface area contributed by atoms with E-state index in [9.17, 15) is 4.79 Å². The van der Waals surface area contributed by atoms with E-state index in [0.717, 1.165) is 16.6 Å². The van der Waals surface area contributed by atoms with Gasteiger partial charge < -0.3 is 10.3 Å². The third-order valence-corrected chi connectivity index (χ3v) is 5.28. The van der Waals surface area contributed by atoms with E-state index in [1.165, 1.54) is 11.3 Å². The fraction of sp³-hybridized carbons (Fsp3) is 0.105. The van der Waals surface area contributed by atoms with Crippen LogP contribution in [-0.2, 0) is 0 Å².